The largest absolute Gasteiger partial charge is 0.550 e. The third kappa shape index (κ3) is 6.56. The number of hydrogen-bond donors (Lipinski definition) is 2. The van der Waals surface area contributed by atoms with Gasteiger partial charge in [0.15, 0.2) is 6.04 Å². The van der Waals surface area contributed by atoms with Gasteiger partial charge in [-0.15, -0.1) is 0 Å². The predicted octanol–water partition coefficient (Wildman–Crippen LogP) is 0.0740. The van der Waals surface area contributed by atoms with Crippen LogP contribution in [0.3, 0.4) is 0 Å². The van der Waals surface area contributed by atoms with E-state index in [1.807, 2.05) is 30.3 Å². The number of rotatable bonds is 9. The SMILES string of the molecule is CCOC(=O)c1ccc(NC(=O)[C@H](CC(=O)[O-])[NH2+]Cc2ccccc2)cc1. The zero-order chi connectivity index (χ0) is 19.6. The van der Waals surface area contributed by atoms with E-state index in [1.54, 1.807) is 24.4 Å². The van der Waals surface area contributed by atoms with Crippen LogP contribution in [0.2, 0.25) is 0 Å². The molecule has 2 aromatic rings. The molecule has 0 aliphatic rings. The standard InChI is InChI=1S/C20H22N2O5/c1-2-27-20(26)15-8-10-16(11-9-15)22-19(25)17(12-18(23)24)21-13-14-6-4-3-5-7-14/h3-11,17,21H,2,12-13H2,1H3,(H,22,25)(H,23,24)/t17-/m0/s1. The van der Waals surface area contributed by atoms with E-state index in [2.05, 4.69) is 5.32 Å². The fraction of sp³-hybridized carbons (Fsp3) is 0.250. The van der Waals surface area contributed by atoms with Gasteiger partial charge in [0.1, 0.15) is 6.54 Å². The van der Waals surface area contributed by atoms with Gasteiger partial charge in [0.05, 0.1) is 12.2 Å². The number of anilines is 1. The molecule has 142 valence electrons. The number of esters is 1. The number of nitrogens with two attached hydrogens (primary N) is 1. The molecule has 0 unspecified atom stereocenters. The molecule has 0 heterocycles. The first-order chi connectivity index (χ1) is 13.0. The van der Waals surface area contributed by atoms with Crippen LogP contribution in [0.5, 0.6) is 0 Å². The second kappa shape index (κ2) is 10.1. The van der Waals surface area contributed by atoms with Crippen molar-refractivity contribution in [1.29, 1.82) is 0 Å². The highest BCUT2D eigenvalue weighted by molar-refractivity contribution is 5.96. The lowest BCUT2D eigenvalue weighted by Gasteiger charge is -2.16. The van der Waals surface area contributed by atoms with E-state index < -0.39 is 30.3 Å². The van der Waals surface area contributed by atoms with Crippen molar-refractivity contribution in [3.8, 4) is 0 Å². The number of benzene rings is 2. The summed E-state index contributed by atoms with van der Waals surface area (Å²) in [4.78, 5) is 35.1. The van der Waals surface area contributed by atoms with Crippen LogP contribution < -0.4 is 15.7 Å². The van der Waals surface area contributed by atoms with E-state index in [-0.39, 0.29) is 6.61 Å². The zero-order valence-corrected chi connectivity index (χ0v) is 15.0. The molecule has 0 aliphatic carbocycles. The van der Waals surface area contributed by atoms with Crippen LogP contribution >= 0.6 is 0 Å². The van der Waals surface area contributed by atoms with Crippen molar-refractivity contribution in [2.24, 2.45) is 0 Å². The minimum atomic E-state index is -1.29. The Labute approximate surface area is 157 Å². The number of carboxylic acid groups (broad SMARTS) is 1. The molecule has 2 rings (SSSR count). The first-order valence-electron chi connectivity index (χ1n) is 8.64. The van der Waals surface area contributed by atoms with E-state index in [4.69, 9.17) is 4.74 Å². The molecule has 0 bridgehead atoms. The smallest absolute Gasteiger partial charge is 0.338 e. The van der Waals surface area contributed by atoms with Gasteiger partial charge in [0.25, 0.3) is 5.91 Å². The van der Waals surface area contributed by atoms with Crippen molar-refractivity contribution in [2.45, 2.75) is 25.9 Å². The van der Waals surface area contributed by atoms with Crippen LogP contribution in [0.25, 0.3) is 0 Å². The van der Waals surface area contributed by atoms with Crippen molar-refractivity contribution >= 4 is 23.5 Å². The lowest BCUT2D eigenvalue weighted by molar-refractivity contribution is -0.691. The molecule has 3 N–H and O–H groups in total. The fourth-order valence-corrected chi connectivity index (χ4v) is 2.49. The third-order valence-electron chi connectivity index (χ3n) is 3.87. The molecule has 0 saturated heterocycles. The Hall–Kier alpha value is -3.19. The Bertz CT molecular complexity index is 775. The lowest BCUT2D eigenvalue weighted by atomic mass is 10.1. The Morgan fingerprint density at radius 1 is 1.07 bits per heavy atom. The lowest BCUT2D eigenvalue weighted by Crippen LogP contribution is -2.91. The molecule has 1 atom stereocenters. The summed E-state index contributed by atoms with van der Waals surface area (Å²) >= 11 is 0. The highest BCUT2D eigenvalue weighted by Gasteiger charge is 2.22. The molecule has 0 spiro atoms. The van der Waals surface area contributed by atoms with E-state index in [9.17, 15) is 19.5 Å². The minimum absolute atomic E-state index is 0.277. The van der Waals surface area contributed by atoms with Gasteiger partial charge in [0.2, 0.25) is 0 Å². The summed E-state index contributed by atoms with van der Waals surface area (Å²) in [5.41, 5.74) is 1.81. The summed E-state index contributed by atoms with van der Waals surface area (Å²) in [6, 6.07) is 14.8. The van der Waals surface area contributed by atoms with Gasteiger partial charge in [-0.3, -0.25) is 4.79 Å². The summed E-state index contributed by atoms with van der Waals surface area (Å²) in [5, 5.41) is 15.3. The van der Waals surface area contributed by atoms with Gasteiger partial charge in [-0.2, -0.15) is 0 Å². The molecule has 0 aliphatic heterocycles. The summed E-state index contributed by atoms with van der Waals surface area (Å²) < 4.78 is 4.90. The van der Waals surface area contributed by atoms with Crippen molar-refractivity contribution in [2.75, 3.05) is 11.9 Å². The number of aliphatic carboxylic acids is 1. The van der Waals surface area contributed by atoms with Gasteiger partial charge < -0.3 is 25.3 Å². The Morgan fingerprint density at radius 3 is 2.33 bits per heavy atom. The molecule has 0 aromatic heterocycles. The molecule has 27 heavy (non-hydrogen) atoms. The van der Waals surface area contributed by atoms with Gasteiger partial charge in [0, 0.05) is 23.6 Å². The van der Waals surface area contributed by atoms with Crippen LogP contribution in [-0.2, 0) is 20.9 Å². The van der Waals surface area contributed by atoms with Crippen molar-refractivity contribution in [1.82, 2.24) is 0 Å². The van der Waals surface area contributed by atoms with Gasteiger partial charge in [-0.25, -0.2) is 4.79 Å². The second-order valence-corrected chi connectivity index (χ2v) is 5.90. The first kappa shape index (κ1) is 20.1. The molecule has 0 saturated carbocycles. The Kier molecular flexibility index (Phi) is 7.51. The maximum absolute atomic E-state index is 12.5. The normalized spacial score (nSPS) is 11.4. The topological polar surface area (TPSA) is 112 Å². The van der Waals surface area contributed by atoms with Gasteiger partial charge in [-0.1, -0.05) is 30.3 Å². The van der Waals surface area contributed by atoms with E-state index in [0.29, 0.717) is 17.8 Å². The minimum Gasteiger partial charge on any atom is -0.550 e. The number of ether oxygens (including phenoxy) is 1. The molecule has 7 heteroatoms. The Morgan fingerprint density at radius 2 is 1.74 bits per heavy atom. The number of amides is 1. The van der Waals surface area contributed by atoms with Crippen LogP contribution in [0, 0.1) is 0 Å². The molecular formula is C20H22N2O5. The third-order valence-corrected chi connectivity index (χ3v) is 3.87. The molecule has 0 fully saturated rings. The molecular weight excluding hydrogens is 348 g/mol. The van der Waals surface area contributed by atoms with Crippen LogP contribution in [0.15, 0.2) is 54.6 Å². The summed E-state index contributed by atoms with van der Waals surface area (Å²) in [5.74, 6) is -2.18. The molecule has 0 radical (unpaired) electrons. The number of carbonyl (C=O) groups excluding carboxylic acids is 3. The summed E-state index contributed by atoms with van der Waals surface area (Å²) in [7, 11) is 0. The predicted molar refractivity (Wildman–Crippen MR) is 96.5 cm³/mol. The highest BCUT2D eigenvalue weighted by Crippen LogP contribution is 2.11. The maximum Gasteiger partial charge on any atom is 0.338 e. The molecule has 1 amide bonds. The second-order valence-electron chi connectivity index (χ2n) is 5.90. The number of carboxylic acids is 1. The number of carbonyl (C=O) groups is 3. The number of hydrogen-bond acceptors (Lipinski definition) is 5. The average molecular weight is 370 g/mol. The zero-order valence-electron chi connectivity index (χ0n) is 15.0. The van der Waals surface area contributed by atoms with Crippen LogP contribution in [-0.4, -0.2) is 30.5 Å². The quantitative estimate of drug-likeness (QED) is 0.607. The van der Waals surface area contributed by atoms with Crippen LogP contribution in [0.4, 0.5) is 5.69 Å². The average Bonchev–Trinajstić information content (AvgIpc) is 2.66. The van der Waals surface area contributed by atoms with Gasteiger partial charge >= 0.3 is 5.97 Å². The highest BCUT2D eigenvalue weighted by atomic mass is 16.5. The number of quaternary nitrogens is 1. The van der Waals surface area contributed by atoms with E-state index in [0.717, 1.165) is 5.56 Å². The van der Waals surface area contributed by atoms with E-state index >= 15 is 0 Å². The number of nitrogens with one attached hydrogen (secondary N) is 1. The summed E-state index contributed by atoms with van der Waals surface area (Å²) in [6.07, 6.45) is -0.403. The maximum atomic E-state index is 12.5. The van der Waals surface area contributed by atoms with Crippen molar-refractivity contribution in [3.63, 3.8) is 0 Å². The van der Waals surface area contributed by atoms with Crippen molar-refractivity contribution < 1.29 is 29.5 Å². The monoisotopic (exact) mass is 370 g/mol. The Balaban J connectivity index is 2.00. The van der Waals surface area contributed by atoms with Gasteiger partial charge in [-0.05, 0) is 31.2 Å². The fourth-order valence-electron chi connectivity index (χ4n) is 2.49. The van der Waals surface area contributed by atoms with E-state index in [1.165, 1.54) is 12.1 Å². The molecule has 2 aromatic carbocycles. The van der Waals surface area contributed by atoms with Crippen LogP contribution in [0.1, 0.15) is 29.3 Å². The summed E-state index contributed by atoms with van der Waals surface area (Å²) in [6.45, 7) is 2.46. The first-order valence-corrected chi connectivity index (χ1v) is 8.64. The molecule has 7 nitrogen and oxygen atoms in total. The van der Waals surface area contributed by atoms with Crippen molar-refractivity contribution in [3.05, 3.63) is 65.7 Å².